The maximum atomic E-state index is 11.2. The number of hydrogen-bond donors (Lipinski definition) is 2. The van der Waals surface area contributed by atoms with Gasteiger partial charge in [-0.15, -0.1) is 0 Å². The zero-order valence-electron chi connectivity index (χ0n) is 8.78. The number of benzene rings is 1. The normalized spacial score (nSPS) is 11.9. The van der Waals surface area contributed by atoms with E-state index in [1.165, 1.54) is 6.92 Å². The lowest BCUT2D eigenvalue weighted by Gasteiger charge is -2.07. The van der Waals surface area contributed by atoms with E-state index >= 15 is 0 Å². The summed E-state index contributed by atoms with van der Waals surface area (Å²) >= 11 is 0. The first-order chi connectivity index (χ1) is 7.00. The molecule has 1 amide bonds. The van der Waals surface area contributed by atoms with Crippen molar-refractivity contribution in [3.8, 4) is 0 Å². The van der Waals surface area contributed by atoms with Crippen molar-refractivity contribution < 1.29 is 9.59 Å². The standard InChI is InChI=1S/C11H14N2O2/c1-7(12)11(15)13-10-5-3-9(4-6-10)8(2)14/h3-7H,12H2,1-2H3,(H,13,15)/t7-/m0/s1. The van der Waals surface area contributed by atoms with Gasteiger partial charge in [-0.3, -0.25) is 9.59 Å². The Labute approximate surface area is 88.5 Å². The second-order valence-electron chi connectivity index (χ2n) is 3.41. The number of carbonyl (C=O) groups excluding carboxylic acids is 2. The van der Waals surface area contributed by atoms with Gasteiger partial charge in [0.2, 0.25) is 5.91 Å². The number of amides is 1. The quantitative estimate of drug-likeness (QED) is 0.729. The van der Waals surface area contributed by atoms with E-state index in [9.17, 15) is 9.59 Å². The summed E-state index contributed by atoms with van der Waals surface area (Å²) in [6, 6.07) is 6.14. The summed E-state index contributed by atoms with van der Waals surface area (Å²) in [5, 5.41) is 2.63. The van der Waals surface area contributed by atoms with E-state index in [1.807, 2.05) is 0 Å². The number of anilines is 1. The fourth-order valence-electron chi connectivity index (χ4n) is 1.04. The van der Waals surface area contributed by atoms with Gasteiger partial charge in [-0.05, 0) is 38.1 Å². The molecule has 3 N–H and O–H groups in total. The molecule has 1 rings (SSSR count). The number of Topliss-reactive ketones (excluding diaryl/α,β-unsaturated/α-hetero) is 1. The molecule has 0 heterocycles. The maximum absolute atomic E-state index is 11.2. The summed E-state index contributed by atoms with van der Waals surface area (Å²) in [6.07, 6.45) is 0. The van der Waals surface area contributed by atoms with Crippen molar-refractivity contribution in [1.29, 1.82) is 0 Å². The molecule has 0 spiro atoms. The first-order valence-electron chi connectivity index (χ1n) is 4.68. The molecule has 4 heteroatoms. The molecule has 1 aromatic carbocycles. The van der Waals surface area contributed by atoms with Gasteiger partial charge in [0.25, 0.3) is 0 Å². The van der Waals surface area contributed by atoms with Gasteiger partial charge in [0.1, 0.15) is 0 Å². The van der Waals surface area contributed by atoms with Crippen LogP contribution < -0.4 is 11.1 Å². The molecule has 0 radical (unpaired) electrons. The molecule has 15 heavy (non-hydrogen) atoms. The Hall–Kier alpha value is -1.68. The van der Waals surface area contributed by atoms with Crippen molar-refractivity contribution in [1.82, 2.24) is 0 Å². The van der Waals surface area contributed by atoms with Crippen LogP contribution in [0, 0.1) is 0 Å². The summed E-state index contributed by atoms with van der Waals surface area (Å²) < 4.78 is 0. The first-order valence-corrected chi connectivity index (χ1v) is 4.68. The van der Waals surface area contributed by atoms with E-state index in [0.29, 0.717) is 11.3 Å². The highest BCUT2D eigenvalue weighted by molar-refractivity contribution is 5.96. The van der Waals surface area contributed by atoms with E-state index in [0.717, 1.165) is 0 Å². The summed E-state index contributed by atoms with van der Waals surface area (Å²) in [5.41, 5.74) is 6.66. The summed E-state index contributed by atoms with van der Waals surface area (Å²) in [6.45, 7) is 3.11. The minimum atomic E-state index is -0.544. The molecular formula is C11H14N2O2. The van der Waals surface area contributed by atoms with E-state index in [2.05, 4.69) is 5.32 Å². The Balaban J connectivity index is 2.73. The second-order valence-corrected chi connectivity index (χ2v) is 3.41. The Morgan fingerprint density at radius 1 is 1.27 bits per heavy atom. The van der Waals surface area contributed by atoms with Crippen LogP contribution in [0.15, 0.2) is 24.3 Å². The highest BCUT2D eigenvalue weighted by Crippen LogP contribution is 2.10. The minimum absolute atomic E-state index is 0.0000643. The lowest BCUT2D eigenvalue weighted by Crippen LogP contribution is -2.32. The Kier molecular flexibility index (Phi) is 3.57. The first kappa shape index (κ1) is 11.4. The van der Waals surface area contributed by atoms with E-state index in [-0.39, 0.29) is 11.7 Å². The molecule has 80 valence electrons. The van der Waals surface area contributed by atoms with Gasteiger partial charge in [-0.1, -0.05) is 0 Å². The predicted molar refractivity (Wildman–Crippen MR) is 58.7 cm³/mol. The monoisotopic (exact) mass is 206 g/mol. The number of nitrogens with one attached hydrogen (secondary N) is 1. The van der Waals surface area contributed by atoms with Crippen LogP contribution >= 0.6 is 0 Å². The third-order valence-corrected chi connectivity index (χ3v) is 1.97. The molecule has 0 aromatic heterocycles. The van der Waals surface area contributed by atoms with Gasteiger partial charge < -0.3 is 11.1 Å². The van der Waals surface area contributed by atoms with Gasteiger partial charge in [0.15, 0.2) is 5.78 Å². The summed E-state index contributed by atoms with van der Waals surface area (Å²) in [7, 11) is 0. The van der Waals surface area contributed by atoms with Crippen molar-refractivity contribution in [3.63, 3.8) is 0 Å². The molecule has 0 bridgehead atoms. The molecule has 1 aromatic rings. The number of rotatable bonds is 3. The Bertz CT molecular complexity index is 369. The molecule has 0 unspecified atom stereocenters. The highest BCUT2D eigenvalue weighted by Gasteiger charge is 2.07. The third-order valence-electron chi connectivity index (χ3n) is 1.97. The van der Waals surface area contributed by atoms with Gasteiger partial charge in [0, 0.05) is 11.3 Å². The number of carbonyl (C=O) groups is 2. The molecule has 0 aliphatic heterocycles. The second kappa shape index (κ2) is 4.70. The summed E-state index contributed by atoms with van der Waals surface area (Å²) in [4.78, 5) is 22.2. The van der Waals surface area contributed by atoms with Crippen LogP contribution in [0.4, 0.5) is 5.69 Å². The minimum Gasteiger partial charge on any atom is -0.325 e. The largest absolute Gasteiger partial charge is 0.325 e. The van der Waals surface area contributed by atoms with E-state index < -0.39 is 6.04 Å². The molecule has 0 fully saturated rings. The Morgan fingerprint density at radius 3 is 2.20 bits per heavy atom. The average molecular weight is 206 g/mol. The van der Waals surface area contributed by atoms with Gasteiger partial charge in [-0.2, -0.15) is 0 Å². The number of nitrogens with two attached hydrogens (primary N) is 1. The van der Waals surface area contributed by atoms with E-state index in [1.54, 1.807) is 31.2 Å². The molecule has 0 saturated heterocycles. The zero-order valence-corrected chi connectivity index (χ0v) is 8.78. The molecule has 1 atom stereocenters. The van der Waals surface area contributed by atoms with Crippen LogP contribution in [-0.4, -0.2) is 17.7 Å². The molecule has 0 aliphatic rings. The lowest BCUT2D eigenvalue weighted by atomic mass is 10.1. The maximum Gasteiger partial charge on any atom is 0.240 e. The highest BCUT2D eigenvalue weighted by atomic mass is 16.2. The van der Waals surface area contributed by atoms with E-state index in [4.69, 9.17) is 5.73 Å². The lowest BCUT2D eigenvalue weighted by molar-refractivity contribution is -0.117. The SMILES string of the molecule is CC(=O)c1ccc(NC(=O)[C@H](C)N)cc1. The predicted octanol–water partition coefficient (Wildman–Crippen LogP) is 1.17. The fourth-order valence-corrected chi connectivity index (χ4v) is 1.04. The zero-order chi connectivity index (χ0) is 11.4. The van der Waals surface area contributed by atoms with Crippen molar-refractivity contribution in [3.05, 3.63) is 29.8 Å². The smallest absolute Gasteiger partial charge is 0.240 e. The van der Waals surface area contributed by atoms with Crippen LogP contribution in [0.25, 0.3) is 0 Å². The molecule has 4 nitrogen and oxygen atoms in total. The topological polar surface area (TPSA) is 72.2 Å². The molecule has 0 aliphatic carbocycles. The van der Waals surface area contributed by atoms with Crippen LogP contribution in [0.2, 0.25) is 0 Å². The van der Waals surface area contributed by atoms with Crippen LogP contribution in [-0.2, 0) is 4.79 Å². The number of hydrogen-bond acceptors (Lipinski definition) is 3. The van der Waals surface area contributed by atoms with Gasteiger partial charge in [0.05, 0.1) is 6.04 Å². The van der Waals surface area contributed by atoms with Crippen molar-refractivity contribution in [2.24, 2.45) is 5.73 Å². The van der Waals surface area contributed by atoms with Crippen LogP contribution in [0.3, 0.4) is 0 Å². The summed E-state index contributed by atoms with van der Waals surface area (Å²) in [5.74, 6) is -0.245. The van der Waals surface area contributed by atoms with Crippen molar-refractivity contribution >= 4 is 17.4 Å². The molecule has 0 saturated carbocycles. The number of ketones is 1. The van der Waals surface area contributed by atoms with Crippen molar-refractivity contribution in [2.45, 2.75) is 19.9 Å². The van der Waals surface area contributed by atoms with Crippen LogP contribution in [0.1, 0.15) is 24.2 Å². The fraction of sp³-hybridized carbons (Fsp3) is 0.273. The van der Waals surface area contributed by atoms with Gasteiger partial charge >= 0.3 is 0 Å². The van der Waals surface area contributed by atoms with Gasteiger partial charge in [-0.25, -0.2) is 0 Å². The molecular weight excluding hydrogens is 192 g/mol. The van der Waals surface area contributed by atoms with Crippen molar-refractivity contribution in [2.75, 3.05) is 5.32 Å². The third kappa shape index (κ3) is 3.18. The average Bonchev–Trinajstić information content (AvgIpc) is 2.18. The Morgan fingerprint density at radius 2 is 1.80 bits per heavy atom. The van der Waals surface area contributed by atoms with Crippen LogP contribution in [0.5, 0.6) is 0 Å².